The van der Waals surface area contributed by atoms with Crippen LogP contribution in [0.3, 0.4) is 0 Å². The summed E-state index contributed by atoms with van der Waals surface area (Å²) in [6.07, 6.45) is 8.80. The van der Waals surface area contributed by atoms with E-state index in [0.29, 0.717) is 6.54 Å². The largest absolute Gasteiger partial charge is 0.347 e. The second-order valence-corrected chi connectivity index (χ2v) is 5.14. The zero-order valence-electron chi connectivity index (χ0n) is 10.9. The molecule has 0 radical (unpaired) electrons. The Morgan fingerprint density at radius 3 is 3.00 bits per heavy atom. The van der Waals surface area contributed by atoms with Gasteiger partial charge in [-0.25, -0.2) is 4.98 Å². The quantitative estimate of drug-likeness (QED) is 0.793. The van der Waals surface area contributed by atoms with Crippen molar-refractivity contribution in [2.75, 3.05) is 7.05 Å². The number of hydrogen-bond donors (Lipinski definition) is 2. The highest BCUT2D eigenvalue weighted by molar-refractivity contribution is 5.79. The van der Waals surface area contributed by atoms with Crippen molar-refractivity contribution in [2.45, 2.75) is 44.7 Å². The van der Waals surface area contributed by atoms with Gasteiger partial charge < -0.3 is 15.6 Å². The second kappa shape index (κ2) is 6.00. The van der Waals surface area contributed by atoms with E-state index in [1.165, 1.54) is 6.42 Å². The van der Waals surface area contributed by atoms with Crippen LogP contribution in [0.1, 0.15) is 37.9 Å². The molecule has 5 nitrogen and oxygen atoms in total. The molecule has 0 bridgehead atoms. The van der Waals surface area contributed by atoms with Crippen molar-refractivity contribution in [3.8, 4) is 0 Å². The molecule has 1 aliphatic rings. The predicted octanol–water partition coefficient (Wildman–Crippen LogP) is 1.28. The molecule has 1 aromatic rings. The molecule has 2 rings (SSSR count). The summed E-state index contributed by atoms with van der Waals surface area (Å²) in [5, 5.41) is 0. The van der Waals surface area contributed by atoms with E-state index in [1.54, 1.807) is 17.3 Å². The van der Waals surface area contributed by atoms with Gasteiger partial charge >= 0.3 is 0 Å². The van der Waals surface area contributed by atoms with Crippen LogP contribution in [0.2, 0.25) is 0 Å². The number of H-pyrrole nitrogens is 1. The second-order valence-electron chi connectivity index (χ2n) is 5.14. The third kappa shape index (κ3) is 3.10. The topological polar surface area (TPSA) is 75.0 Å². The highest BCUT2D eigenvalue weighted by Crippen LogP contribution is 2.24. The van der Waals surface area contributed by atoms with E-state index in [9.17, 15) is 4.79 Å². The van der Waals surface area contributed by atoms with Gasteiger partial charge in [0.2, 0.25) is 5.91 Å². The van der Waals surface area contributed by atoms with Crippen molar-refractivity contribution >= 4 is 5.91 Å². The minimum atomic E-state index is -0.0209. The smallest absolute Gasteiger partial charge is 0.227 e. The van der Waals surface area contributed by atoms with Gasteiger partial charge in [0.25, 0.3) is 0 Å². The lowest BCUT2D eigenvalue weighted by atomic mass is 9.94. The Bertz CT molecular complexity index is 376. The van der Waals surface area contributed by atoms with Crippen LogP contribution >= 0.6 is 0 Å². The molecule has 18 heavy (non-hydrogen) atoms. The third-order valence-corrected chi connectivity index (χ3v) is 3.70. The Kier molecular flexibility index (Phi) is 4.36. The van der Waals surface area contributed by atoms with Crippen LogP contribution in [-0.4, -0.2) is 33.9 Å². The molecule has 5 heteroatoms. The average molecular weight is 250 g/mol. The molecule has 1 saturated carbocycles. The molecule has 0 spiro atoms. The number of aromatic amines is 1. The molecule has 0 saturated heterocycles. The lowest BCUT2D eigenvalue weighted by molar-refractivity contribution is -0.135. The van der Waals surface area contributed by atoms with Gasteiger partial charge in [-0.3, -0.25) is 4.79 Å². The van der Waals surface area contributed by atoms with Crippen LogP contribution in [0, 0.1) is 5.92 Å². The number of amides is 1. The maximum atomic E-state index is 12.4. The number of aromatic nitrogens is 2. The molecule has 1 aliphatic carbocycles. The van der Waals surface area contributed by atoms with Crippen LogP contribution in [-0.2, 0) is 11.3 Å². The number of rotatable bonds is 3. The van der Waals surface area contributed by atoms with Crippen molar-refractivity contribution in [3.05, 3.63) is 18.2 Å². The SMILES string of the molecule is CN(Cc1ncc[nH]1)C(=O)C1CCCCCC1N. The number of imidazole rings is 1. The minimum Gasteiger partial charge on any atom is -0.347 e. The molecular weight excluding hydrogens is 228 g/mol. The maximum absolute atomic E-state index is 12.4. The highest BCUT2D eigenvalue weighted by Gasteiger charge is 2.29. The van der Waals surface area contributed by atoms with E-state index in [1.807, 2.05) is 7.05 Å². The van der Waals surface area contributed by atoms with Crippen molar-refractivity contribution in [1.29, 1.82) is 0 Å². The molecule has 1 aromatic heterocycles. The first-order valence-electron chi connectivity index (χ1n) is 6.67. The predicted molar refractivity (Wildman–Crippen MR) is 69.6 cm³/mol. The Labute approximate surface area is 108 Å². The molecule has 0 aromatic carbocycles. The molecule has 2 atom stereocenters. The first-order valence-corrected chi connectivity index (χ1v) is 6.67. The van der Waals surface area contributed by atoms with E-state index < -0.39 is 0 Å². The van der Waals surface area contributed by atoms with Crippen molar-refractivity contribution in [3.63, 3.8) is 0 Å². The summed E-state index contributed by atoms with van der Waals surface area (Å²) < 4.78 is 0. The van der Waals surface area contributed by atoms with E-state index in [-0.39, 0.29) is 17.9 Å². The van der Waals surface area contributed by atoms with Crippen molar-refractivity contribution in [2.24, 2.45) is 11.7 Å². The van der Waals surface area contributed by atoms with Crippen molar-refractivity contribution < 1.29 is 4.79 Å². The summed E-state index contributed by atoms with van der Waals surface area (Å²) in [5.41, 5.74) is 6.12. The lowest BCUT2D eigenvalue weighted by Crippen LogP contribution is -2.42. The number of hydrogen-bond acceptors (Lipinski definition) is 3. The summed E-state index contributed by atoms with van der Waals surface area (Å²) in [7, 11) is 1.82. The molecule has 100 valence electrons. The lowest BCUT2D eigenvalue weighted by Gasteiger charge is -2.26. The first kappa shape index (κ1) is 13.1. The van der Waals surface area contributed by atoms with Crippen LogP contribution in [0.25, 0.3) is 0 Å². The number of carbonyl (C=O) groups is 1. The molecule has 1 heterocycles. The Morgan fingerprint density at radius 2 is 2.28 bits per heavy atom. The summed E-state index contributed by atoms with van der Waals surface area (Å²) >= 11 is 0. The van der Waals surface area contributed by atoms with E-state index in [4.69, 9.17) is 5.73 Å². The normalized spacial score (nSPS) is 24.6. The summed E-state index contributed by atoms with van der Waals surface area (Å²) in [6.45, 7) is 0.523. The van der Waals surface area contributed by atoms with Gasteiger partial charge in [0.15, 0.2) is 0 Å². The van der Waals surface area contributed by atoms with Gasteiger partial charge in [-0.15, -0.1) is 0 Å². The van der Waals surface area contributed by atoms with Crippen LogP contribution in [0.15, 0.2) is 12.4 Å². The highest BCUT2D eigenvalue weighted by atomic mass is 16.2. The number of carbonyl (C=O) groups excluding carboxylic acids is 1. The standard InChI is InChI=1S/C13H22N4O/c1-17(9-12-15-7-8-16-12)13(18)10-5-3-2-4-6-11(10)14/h7-8,10-11H,2-6,9,14H2,1H3,(H,15,16). The zero-order chi connectivity index (χ0) is 13.0. The molecule has 2 unspecified atom stereocenters. The maximum Gasteiger partial charge on any atom is 0.227 e. The van der Waals surface area contributed by atoms with Gasteiger partial charge in [-0.1, -0.05) is 19.3 Å². The zero-order valence-corrected chi connectivity index (χ0v) is 10.9. The van der Waals surface area contributed by atoms with Crippen LogP contribution in [0.5, 0.6) is 0 Å². The molecular formula is C13H22N4O. The van der Waals surface area contributed by atoms with Gasteiger partial charge in [0.1, 0.15) is 5.82 Å². The Balaban J connectivity index is 1.96. The Hall–Kier alpha value is -1.36. The number of nitrogens with one attached hydrogen (secondary N) is 1. The van der Waals surface area contributed by atoms with E-state index in [2.05, 4.69) is 9.97 Å². The van der Waals surface area contributed by atoms with E-state index >= 15 is 0 Å². The summed E-state index contributed by atoms with van der Waals surface area (Å²) in [4.78, 5) is 21.3. The van der Waals surface area contributed by atoms with Gasteiger partial charge in [0, 0.05) is 25.5 Å². The first-order chi connectivity index (χ1) is 8.68. The van der Waals surface area contributed by atoms with Gasteiger partial charge in [-0.2, -0.15) is 0 Å². The Morgan fingerprint density at radius 1 is 1.50 bits per heavy atom. The molecule has 1 fully saturated rings. The van der Waals surface area contributed by atoms with Crippen molar-refractivity contribution in [1.82, 2.24) is 14.9 Å². The fourth-order valence-electron chi connectivity index (χ4n) is 2.61. The fourth-order valence-corrected chi connectivity index (χ4v) is 2.61. The monoisotopic (exact) mass is 250 g/mol. The summed E-state index contributed by atoms with van der Waals surface area (Å²) in [6, 6.07) is 0.0130. The molecule has 3 N–H and O–H groups in total. The third-order valence-electron chi connectivity index (χ3n) is 3.70. The van der Waals surface area contributed by atoms with Gasteiger partial charge in [-0.05, 0) is 12.8 Å². The number of nitrogens with two attached hydrogens (primary N) is 1. The summed E-state index contributed by atoms with van der Waals surface area (Å²) in [5.74, 6) is 0.946. The fraction of sp³-hybridized carbons (Fsp3) is 0.692. The molecule has 0 aliphatic heterocycles. The average Bonchev–Trinajstić information content (AvgIpc) is 2.76. The van der Waals surface area contributed by atoms with Crippen LogP contribution < -0.4 is 5.73 Å². The van der Waals surface area contributed by atoms with Gasteiger partial charge in [0.05, 0.1) is 12.5 Å². The van der Waals surface area contributed by atoms with Crippen LogP contribution in [0.4, 0.5) is 0 Å². The molecule has 1 amide bonds. The number of nitrogens with zero attached hydrogens (tertiary/aromatic N) is 2. The minimum absolute atomic E-state index is 0.0130. The van der Waals surface area contributed by atoms with E-state index in [0.717, 1.165) is 31.5 Å².